The van der Waals surface area contributed by atoms with Crippen LogP contribution in [-0.4, -0.2) is 11.0 Å². The Morgan fingerprint density at radius 2 is 1.00 bits per heavy atom. The predicted octanol–water partition coefficient (Wildman–Crippen LogP) is -0.962. The molecule has 0 heterocycles. The van der Waals surface area contributed by atoms with Crippen LogP contribution in [0.3, 0.4) is 0 Å². The van der Waals surface area contributed by atoms with E-state index in [2.05, 4.69) is 9.69 Å². The van der Waals surface area contributed by atoms with Gasteiger partial charge in [0.05, 0.1) is 0 Å². The number of rotatable bonds is 0. The molecule has 0 aromatic carbocycles. The van der Waals surface area contributed by atoms with E-state index in [1.165, 1.54) is 0 Å². The van der Waals surface area contributed by atoms with Crippen molar-refractivity contribution in [3.63, 3.8) is 0 Å². The van der Waals surface area contributed by atoms with Crippen molar-refractivity contribution in [2.45, 2.75) is 0 Å². The van der Waals surface area contributed by atoms with Gasteiger partial charge in [-0.25, -0.2) is 0 Å². The first kappa shape index (κ1) is 21.1. The molecule has 0 bridgehead atoms. The second kappa shape index (κ2) is 44.3. The minimum atomic E-state index is 0. The maximum atomic E-state index is 4.53. The van der Waals surface area contributed by atoms with E-state index in [4.69, 9.17) is 0 Å². The fourth-order valence-corrected chi connectivity index (χ4v) is 0. The molecule has 2 nitrogen and oxygen atoms in total. The zero-order chi connectivity index (χ0) is 2.00. The maximum absolute atomic E-state index is 4.53. The van der Waals surface area contributed by atoms with Gasteiger partial charge in [-0.1, -0.05) is 0 Å². The standard InChI is InChI=1S/ClH.2H2O.Rh/h1H;2*1H2;/q;;;+1/p-1. The summed E-state index contributed by atoms with van der Waals surface area (Å²) in [6, 6.07) is 0. The Kier molecular flexibility index (Phi) is 234. The molecular weight excluding hydrogens is 170 g/mol. The molecule has 0 aliphatic carbocycles. The summed E-state index contributed by atoms with van der Waals surface area (Å²) in [6.07, 6.45) is 0. The third kappa shape index (κ3) is 13.7. The van der Waals surface area contributed by atoms with E-state index >= 15 is 0 Å². The third-order valence-electron chi connectivity index (χ3n) is 0. The zero-order valence-corrected chi connectivity index (χ0v) is 4.11. The summed E-state index contributed by atoms with van der Waals surface area (Å²) >= 11 is 2.02. The van der Waals surface area contributed by atoms with Crippen molar-refractivity contribution in [2.24, 2.45) is 0 Å². The number of hydrogen-bond donors (Lipinski definition) is 0. The van der Waals surface area contributed by atoms with Crippen LogP contribution in [0.25, 0.3) is 0 Å². The van der Waals surface area contributed by atoms with Crippen LogP contribution in [0.2, 0.25) is 0 Å². The second-order valence-corrected chi connectivity index (χ2v) is 0. The van der Waals surface area contributed by atoms with Crippen molar-refractivity contribution in [3.8, 4) is 0 Å². The Balaban J connectivity index is -0.00000000500. The van der Waals surface area contributed by atoms with E-state index in [1.807, 2.05) is 17.3 Å². The number of hydrogen-bond acceptors (Lipinski definition) is 0. The van der Waals surface area contributed by atoms with E-state index < -0.39 is 0 Å². The van der Waals surface area contributed by atoms with Gasteiger partial charge >= 0.3 is 27.0 Å². The molecule has 0 unspecified atom stereocenters. The molecule has 0 aromatic rings. The fourth-order valence-electron chi connectivity index (χ4n) is 0. The van der Waals surface area contributed by atoms with E-state index in [1.54, 1.807) is 0 Å². The van der Waals surface area contributed by atoms with Gasteiger partial charge in [0.2, 0.25) is 0 Å². The van der Waals surface area contributed by atoms with Gasteiger partial charge in [0.25, 0.3) is 0 Å². The van der Waals surface area contributed by atoms with Gasteiger partial charge in [-0.2, -0.15) is 0 Å². The summed E-state index contributed by atoms with van der Waals surface area (Å²) in [5, 5.41) is 0. The third-order valence-corrected chi connectivity index (χ3v) is 0. The topological polar surface area (TPSA) is 63.0 Å². The monoisotopic (exact) mass is 174 g/mol. The van der Waals surface area contributed by atoms with E-state index in [0.29, 0.717) is 0 Å². The average Bonchev–Trinajstić information content (AvgIpc) is 1.00. The summed E-state index contributed by atoms with van der Waals surface area (Å²) in [7, 11) is 4.53. The van der Waals surface area contributed by atoms with Crippen LogP contribution in [0.5, 0.6) is 0 Å². The van der Waals surface area contributed by atoms with E-state index in [-0.39, 0.29) is 11.0 Å². The van der Waals surface area contributed by atoms with Gasteiger partial charge in [-0.3, -0.25) is 0 Å². The van der Waals surface area contributed by atoms with Gasteiger partial charge in [-0.15, -0.1) is 0 Å². The van der Waals surface area contributed by atoms with Crippen LogP contribution in [-0.2, 0) is 17.3 Å². The van der Waals surface area contributed by atoms with Gasteiger partial charge in [0, 0.05) is 0 Å². The summed E-state index contributed by atoms with van der Waals surface area (Å²) in [5.41, 5.74) is 0. The van der Waals surface area contributed by atoms with Crippen molar-refractivity contribution >= 4 is 9.69 Å². The summed E-state index contributed by atoms with van der Waals surface area (Å²) in [5.74, 6) is 0. The fraction of sp³-hybridized carbons (Fsp3) is 0. The SMILES string of the molecule is O.O.[Cl][Rh]. The Bertz CT molecular complexity index is 6.00. The molecule has 0 aromatic heterocycles. The Morgan fingerprint density at radius 3 is 1.00 bits per heavy atom. The first-order chi connectivity index (χ1) is 1.00. The van der Waals surface area contributed by atoms with Crippen LogP contribution < -0.4 is 0 Å². The molecular formula is H4ClO2Rh. The molecule has 0 saturated heterocycles. The van der Waals surface area contributed by atoms with Crippen LogP contribution >= 0.6 is 9.69 Å². The molecule has 0 amide bonds. The van der Waals surface area contributed by atoms with Crippen molar-refractivity contribution in [1.29, 1.82) is 0 Å². The van der Waals surface area contributed by atoms with Gasteiger partial charge in [0.15, 0.2) is 0 Å². The predicted molar refractivity (Wildman–Crippen MR) is 13.1 cm³/mol. The first-order valence-electron chi connectivity index (χ1n) is 0.126. The van der Waals surface area contributed by atoms with Crippen LogP contribution in [0.15, 0.2) is 0 Å². The summed E-state index contributed by atoms with van der Waals surface area (Å²) < 4.78 is 0. The Hall–Kier alpha value is 0.833. The minimum absolute atomic E-state index is 0. The molecule has 0 radical (unpaired) electrons. The molecule has 0 saturated carbocycles. The zero-order valence-electron chi connectivity index (χ0n) is 1.71. The Morgan fingerprint density at radius 1 is 1.00 bits per heavy atom. The average molecular weight is 174 g/mol. The second-order valence-electron chi connectivity index (χ2n) is 0. The van der Waals surface area contributed by atoms with Gasteiger partial charge in [0.1, 0.15) is 0 Å². The first-order valence-corrected chi connectivity index (χ1v) is 2.24. The van der Waals surface area contributed by atoms with Crippen LogP contribution in [0, 0.1) is 0 Å². The summed E-state index contributed by atoms with van der Waals surface area (Å²) in [4.78, 5) is 0. The van der Waals surface area contributed by atoms with E-state index in [9.17, 15) is 0 Å². The van der Waals surface area contributed by atoms with Gasteiger partial charge < -0.3 is 11.0 Å². The molecule has 0 aliphatic rings. The molecule has 4 heteroatoms. The van der Waals surface area contributed by atoms with Crippen molar-refractivity contribution < 1.29 is 28.3 Å². The molecule has 0 spiro atoms. The quantitative estimate of drug-likeness (QED) is 0.425. The van der Waals surface area contributed by atoms with Crippen LogP contribution in [0.1, 0.15) is 0 Å². The van der Waals surface area contributed by atoms with Crippen molar-refractivity contribution in [1.82, 2.24) is 0 Å². The molecule has 0 atom stereocenters. The summed E-state index contributed by atoms with van der Waals surface area (Å²) in [6.45, 7) is 0. The van der Waals surface area contributed by atoms with E-state index in [0.717, 1.165) is 0 Å². The van der Waals surface area contributed by atoms with Crippen molar-refractivity contribution in [2.75, 3.05) is 0 Å². The van der Waals surface area contributed by atoms with Crippen LogP contribution in [0.4, 0.5) is 0 Å². The normalized spacial score (nSPS) is 1.75. The van der Waals surface area contributed by atoms with Crippen molar-refractivity contribution in [3.05, 3.63) is 0 Å². The molecule has 4 heavy (non-hydrogen) atoms. The molecule has 0 fully saturated rings. The molecule has 0 aliphatic heterocycles. The molecule has 32 valence electrons. The van der Waals surface area contributed by atoms with Gasteiger partial charge in [-0.05, 0) is 0 Å². The molecule has 0 rings (SSSR count). The molecule has 4 N–H and O–H groups in total. The number of halogens is 1. The Labute approximate surface area is 38.5 Å².